The molecular formula is C17H14IN5O2. The molecule has 7 nitrogen and oxygen atoms in total. The van der Waals surface area contributed by atoms with Crippen LogP contribution in [0.3, 0.4) is 0 Å². The van der Waals surface area contributed by atoms with Crippen LogP contribution < -0.4 is 0 Å². The van der Waals surface area contributed by atoms with Gasteiger partial charge in [0, 0.05) is 16.5 Å². The number of rotatable bonds is 2. The van der Waals surface area contributed by atoms with Crippen molar-refractivity contribution in [3.63, 3.8) is 0 Å². The van der Waals surface area contributed by atoms with Crippen LogP contribution in [0.5, 0.6) is 0 Å². The molecule has 1 fully saturated rings. The topological polar surface area (TPSA) is 77.1 Å². The van der Waals surface area contributed by atoms with Crippen molar-refractivity contribution in [3.05, 3.63) is 45.2 Å². The number of imidazole rings is 1. The highest BCUT2D eigenvalue weighted by Gasteiger charge is 2.32. The van der Waals surface area contributed by atoms with Gasteiger partial charge in [0.05, 0.1) is 23.5 Å². The van der Waals surface area contributed by atoms with Gasteiger partial charge < -0.3 is 9.42 Å². The van der Waals surface area contributed by atoms with Crippen molar-refractivity contribution in [1.82, 2.24) is 24.6 Å². The molecule has 2 aromatic heterocycles. The monoisotopic (exact) mass is 443 g/mol. The summed E-state index contributed by atoms with van der Waals surface area (Å²) in [6, 6.07) is 5.83. The van der Waals surface area contributed by atoms with E-state index in [-0.39, 0.29) is 5.91 Å². The molecule has 0 unspecified atom stereocenters. The van der Waals surface area contributed by atoms with Gasteiger partial charge in [0.15, 0.2) is 0 Å². The molecule has 1 aliphatic carbocycles. The van der Waals surface area contributed by atoms with Crippen LogP contribution in [-0.2, 0) is 6.54 Å². The zero-order valence-corrected chi connectivity index (χ0v) is 15.6. The van der Waals surface area contributed by atoms with Gasteiger partial charge in [0.2, 0.25) is 11.7 Å². The second-order valence-corrected chi connectivity index (χ2v) is 7.60. The molecule has 126 valence electrons. The van der Waals surface area contributed by atoms with Gasteiger partial charge in [-0.2, -0.15) is 4.98 Å². The summed E-state index contributed by atoms with van der Waals surface area (Å²) in [4.78, 5) is 23.6. The van der Waals surface area contributed by atoms with E-state index in [0.717, 1.165) is 27.8 Å². The summed E-state index contributed by atoms with van der Waals surface area (Å²) in [5.41, 5.74) is 3.09. The first-order chi connectivity index (χ1) is 12.1. The molecule has 8 heteroatoms. The van der Waals surface area contributed by atoms with E-state index in [4.69, 9.17) is 4.52 Å². The van der Waals surface area contributed by atoms with E-state index < -0.39 is 0 Å². The highest BCUT2D eigenvalue weighted by Crippen LogP contribution is 2.40. The van der Waals surface area contributed by atoms with E-state index in [2.05, 4.69) is 37.7 Å². The van der Waals surface area contributed by atoms with E-state index in [1.165, 1.54) is 0 Å². The lowest BCUT2D eigenvalue weighted by molar-refractivity contribution is 0.0787. The van der Waals surface area contributed by atoms with E-state index >= 15 is 0 Å². The Bertz CT molecular complexity index is 1000. The summed E-state index contributed by atoms with van der Waals surface area (Å²) in [5, 5.41) is 4.11. The number of amides is 1. The van der Waals surface area contributed by atoms with E-state index in [9.17, 15) is 4.79 Å². The van der Waals surface area contributed by atoms with Gasteiger partial charge in [-0.3, -0.25) is 9.36 Å². The van der Waals surface area contributed by atoms with Gasteiger partial charge in [-0.15, -0.1) is 0 Å². The summed E-state index contributed by atoms with van der Waals surface area (Å²) in [6.45, 7) is 0.437. The molecule has 0 bridgehead atoms. The third-order valence-corrected chi connectivity index (χ3v) is 5.54. The van der Waals surface area contributed by atoms with Crippen molar-refractivity contribution in [2.24, 2.45) is 0 Å². The van der Waals surface area contributed by atoms with E-state index in [1.807, 2.05) is 22.8 Å². The highest BCUT2D eigenvalue weighted by atomic mass is 123. The maximum Gasteiger partial charge on any atom is 0.257 e. The van der Waals surface area contributed by atoms with Gasteiger partial charge in [-0.05, 0) is 47.6 Å². The Kier molecular flexibility index (Phi) is 3.24. The minimum atomic E-state index is 0.00133. The summed E-state index contributed by atoms with van der Waals surface area (Å²) in [6.07, 6.45) is 3.94. The SMILES string of the molecule is CN1Cc2c(-c3noc(C4CC4)n3)ncn2-c2cccc([123I])c2C1=O. The second-order valence-electron chi connectivity index (χ2n) is 6.44. The molecule has 0 spiro atoms. The van der Waals surface area contributed by atoms with Crippen LogP contribution >= 0.6 is 22.6 Å². The number of benzene rings is 1. The number of nitrogens with zero attached hydrogens (tertiary/aromatic N) is 5. The maximum atomic E-state index is 12.8. The molecule has 1 aromatic carbocycles. The maximum absolute atomic E-state index is 12.8. The van der Waals surface area contributed by atoms with Crippen LogP contribution in [0.15, 0.2) is 29.0 Å². The predicted molar refractivity (Wildman–Crippen MR) is 97.3 cm³/mol. The van der Waals surface area contributed by atoms with Crippen molar-refractivity contribution in [2.75, 3.05) is 7.05 Å². The van der Waals surface area contributed by atoms with Crippen molar-refractivity contribution < 1.29 is 9.32 Å². The van der Waals surface area contributed by atoms with Crippen LogP contribution in [0.2, 0.25) is 0 Å². The number of hydrogen-bond donors (Lipinski definition) is 0. The number of fused-ring (bicyclic) bond motifs is 3. The average molecular weight is 443 g/mol. The highest BCUT2D eigenvalue weighted by molar-refractivity contribution is 14.1. The van der Waals surface area contributed by atoms with Crippen LogP contribution in [0, 0.1) is 3.57 Å². The molecule has 1 amide bonds. The van der Waals surface area contributed by atoms with Gasteiger partial charge in [0.25, 0.3) is 5.91 Å². The molecular weight excluding hydrogens is 429 g/mol. The Morgan fingerprint density at radius 3 is 2.96 bits per heavy atom. The first-order valence-electron chi connectivity index (χ1n) is 8.08. The molecule has 0 N–H and O–H groups in total. The summed E-state index contributed by atoms with van der Waals surface area (Å²) in [5.74, 6) is 1.57. The Hall–Kier alpha value is -2.23. The predicted octanol–water partition coefficient (Wildman–Crippen LogP) is 2.99. The molecule has 0 saturated heterocycles. The molecule has 1 saturated carbocycles. The fraction of sp³-hybridized carbons (Fsp3) is 0.294. The normalized spacial score (nSPS) is 16.6. The molecule has 2 aliphatic rings. The number of carbonyl (C=O) groups excluding carboxylic acids is 1. The summed E-state index contributed by atoms with van der Waals surface area (Å²) in [7, 11) is 1.80. The Morgan fingerprint density at radius 1 is 1.32 bits per heavy atom. The largest absolute Gasteiger partial charge is 0.339 e. The fourth-order valence-electron chi connectivity index (χ4n) is 3.16. The molecule has 1 aliphatic heterocycles. The summed E-state index contributed by atoms with van der Waals surface area (Å²) < 4.78 is 8.26. The lowest BCUT2D eigenvalue weighted by atomic mass is 10.1. The number of hydrogen-bond acceptors (Lipinski definition) is 5. The lowest BCUT2D eigenvalue weighted by Gasteiger charge is -2.15. The van der Waals surface area contributed by atoms with Crippen LogP contribution in [0.1, 0.15) is 40.7 Å². The van der Waals surface area contributed by atoms with Gasteiger partial charge in [0.1, 0.15) is 12.0 Å². The number of aromatic nitrogens is 4. The Morgan fingerprint density at radius 2 is 2.16 bits per heavy atom. The smallest absolute Gasteiger partial charge is 0.257 e. The van der Waals surface area contributed by atoms with Gasteiger partial charge in [-0.1, -0.05) is 11.2 Å². The fourth-order valence-corrected chi connectivity index (χ4v) is 3.87. The molecule has 5 rings (SSSR count). The average Bonchev–Trinajstić information content (AvgIpc) is 3.22. The van der Waals surface area contributed by atoms with E-state index in [1.54, 1.807) is 18.3 Å². The standard InChI is InChI=1S/C17H14IN5O2/c1-22-7-12-14(15-20-16(25-21-15)9-5-6-9)19-8-23(12)11-4-2-3-10(18)13(11)17(22)24/h2-4,8-9H,5-7H2,1H3/i18-4. The van der Waals surface area contributed by atoms with Crippen LogP contribution in [-0.4, -0.2) is 37.5 Å². The first-order valence-corrected chi connectivity index (χ1v) is 9.16. The van der Waals surface area contributed by atoms with E-state index in [0.29, 0.717) is 35.4 Å². The number of halogens is 1. The van der Waals surface area contributed by atoms with Crippen molar-refractivity contribution in [3.8, 4) is 17.2 Å². The third kappa shape index (κ3) is 2.30. The first kappa shape index (κ1) is 15.1. The quantitative estimate of drug-likeness (QED) is 0.570. The molecule has 25 heavy (non-hydrogen) atoms. The Labute approximate surface area is 157 Å². The third-order valence-electron chi connectivity index (χ3n) is 4.65. The van der Waals surface area contributed by atoms with Crippen molar-refractivity contribution in [1.29, 1.82) is 0 Å². The Balaban J connectivity index is 1.69. The molecule has 3 heterocycles. The van der Waals surface area contributed by atoms with Crippen LogP contribution in [0.25, 0.3) is 17.2 Å². The van der Waals surface area contributed by atoms with Gasteiger partial charge in [-0.25, -0.2) is 4.98 Å². The number of carbonyl (C=O) groups is 1. The zero-order valence-electron chi connectivity index (χ0n) is 13.4. The second kappa shape index (κ2) is 5.38. The van der Waals surface area contributed by atoms with Crippen LogP contribution in [0.4, 0.5) is 0 Å². The van der Waals surface area contributed by atoms with Crippen molar-refractivity contribution in [2.45, 2.75) is 25.3 Å². The minimum absolute atomic E-state index is 0.00133. The summed E-state index contributed by atoms with van der Waals surface area (Å²) >= 11 is 2.20. The van der Waals surface area contributed by atoms with Crippen molar-refractivity contribution >= 4 is 28.5 Å². The lowest BCUT2D eigenvalue weighted by Crippen LogP contribution is -2.25. The molecule has 3 aromatic rings. The molecule has 0 radical (unpaired) electrons. The minimum Gasteiger partial charge on any atom is -0.339 e. The zero-order chi connectivity index (χ0) is 17.1. The van der Waals surface area contributed by atoms with Gasteiger partial charge >= 0.3 is 0 Å². The molecule has 0 atom stereocenters.